The Labute approximate surface area is 123 Å². The van der Waals surface area contributed by atoms with Gasteiger partial charge >= 0.3 is 6.03 Å². The Bertz CT molecular complexity index is 535. The molecule has 0 aromatic carbocycles. The number of nitrogens with two attached hydrogens (primary N) is 1. The van der Waals surface area contributed by atoms with Crippen molar-refractivity contribution in [3.63, 3.8) is 0 Å². The summed E-state index contributed by atoms with van der Waals surface area (Å²) in [6, 6.07) is 0.474. The van der Waals surface area contributed by atoms with E-state index in [-0.39, 0.29) is 12.1 Å². The van der Waals surface area contributed by atoms with Crippen LogP contribution in [0.5, 0.6) is 0 Å². The number of amides is 3. The Morgan fingerprint density at radius 1 is 1.29 bits per heavy atom. The lowest BCUT2D eigenvalue weighted by atomic mass is 10.2. The van der Waals surface area contributed by atoms with Gasteiger partial charge in [-0.2, -0.15) is 5.10 Å². The minimum Gasteiger partial charge on any atom is -0.366 e. The van der Waals surface area contributed by atoms with Crippen LogP contribution in [0.15, 0.2) is 12.4 Å². The summed E-state index contributed by atoms with van der Waals surface area (Å²) in [5.74, 6) is -0.477. The van der Waals surface area contributed by atoms with Crippen LogP contribution in [0.4, 0.5) is 4.79 Å². The highest BCUT2D eigenvalue weighted by Gasteiger charge is 2.29. The van der Waals surface area contributed by atoms with Gasteiger partial charge in [0.2, 0.25) is 0 Å². The van der Waals surface area contributed by atoms with Crippen LogP contribution >= 0.6 is 0 Å². The van der Waals surface area contributed by atoms with Crippen LogP contribution in [0, 0.1) is 0 Å². The van der Waals surface area contributed by atoms with Gasteiger partial charge in [-0.1, -0.05) is 12.8 Å². The van der Waals surface area contributed by atoms with Gasteiger partial charge in [-0.3, -0.25) is 9.48 Å². The Kier molecular flexibility index (Phi) is 3.81. The molecule has 1 aliphatic carbocycles. The van der Waals surface area contributed by atoms with Gasteiger partial charge in [0, 0.05) is 25.3 Å². The second-order valence-corrected chi connectivity index (χ2v) is 5.89. The molecule has 2 fully saturated rings. The van der Waals surface area contributed by atoms with Crippen molar-refractivity contribution >= 4 is 11.9 Å². The molecule has 1 atom stereocenters. The lowest BCUT2D eigenvalue weighted by molar-refractivity contribution is 0.1000. The third-order valence-electron chi connectivity index (χ3n) is 4.39. The molecular weight excluding hydrogens is 270 g/mol. The molecule has 1 saturated carbocycles. The summed E-state index contributed by atoms with van der Waals surface area (Å²) in [6.45, 7) is 1.34. The molecular formula is C14H21N5O2. The summed E-state index contributed by atoms with van der Waals surface area (Å²) in [6.07, 6.45) is 8.56. The van der Waals surface area contributed by atoms with Crippen LogP contribution in [-0.4, -0.2) is 45.8 Å². The largest absolute Gasteiger partial charge is 0.366 e. The third kappa shape index (κ3) is 3.01. The zero-order chi connectivity index (χ0) is 14.8. The second kappa shape index (κ2) is 5.75. The minimum atomic E-state index is -0.477. The molecule has 7 heteroatoms. The highest BCUT2D eigenvalue weighted by molar-refractivity contribution is 5.92. The molecule has 3 amide bonds. The summed E-state index contributed by atoms with van der Waals surface area (Å²) in [4.78, 5) is 25.1. The van der Waals surface area contributed by atoms with E-state index < -0.39 is 5.91 Å². The first-order valence-corrected chi connectivity index (χ1v) is 7.53. The molecule has 2 aliphatic rings. The van der Waals surface area contributed by atoms with Crippen LogP contribution in [0.1, 0.15) is 48.5 Å². The molecule has 21 heavy (non-hydrogen) atoms. The number of carbonyl (C=O) groups excluding carboxylic acids is 2. The van der Waals surface area contributed by atoms with Crippen molar-refractivity contribution in [2.75, 3.05) is 13.1 Å². The predicted octanol–water partition coefficient (Wildman–Crippen LogP) is 0.881. The van der Waals surface area contributed by atoms with Crippen LogP contribution in [0.25, 0.3) is 0 Å². The maximum Gasteiger partial charge on any atom is 0.317 e. The van der Waals surface area contributed by atoms with Gasteiger partial charge in [0.1, 0.15) is 0 Å². The normalized spacial score (nSPS) is 22.7. The van der Waals surface area contributed by atoms with E-state index in [1.807, 2.05) is 4.90 Å². The SMILES string of the molecule is NC(=O)c1cnn(C2CCN(C(=O)NC3CCCC3)C2)c1. The summed E-state index contributed by atoms with van der Waals surface area (Å²) >= 11 is 0. The van der Waals surface area contributed by atoms with E-state index in [0.29, 0.717) is 18.2 Å². The summed E-state index contributed by atoms with van der Waals surface area (Å²) < 4.78 is 1.74. The van der Waals surface area contributed by atoms with Gasteiger partial charge < -0.3 is 16.0 Å². The smallest absolute Gasteiger partial charge is 0.317 e. The first-order chi connectivity index (χ1) is 10.1. The van der Waals surface area contributed by atoms with Crippen molar-refractivity contribution in [1.29, 1.82) is 0 Å². The molecule has 1 aromatic rings. The van der Waals surface area contributed by atoms with Crippen LogP contribution < -0.4 is 11.1 Å². The number of urea groups is 1. The van der Waals surface area contributed by atoms with Crippen molar-refractivity contribution in [2.24, 2.45) is 5.73 Å². The van der Waals surface area contributed by atoms with Crippen LogP contribution in [0.2, 0.25) is 0 Å². The molecule has 3 N–H and O–H groups in total. The minimum absolute atomic E-state index is 0.0201. The van der Waals surface area contributed by atoms with Gasteiger partial charge in [-0.15, -0.1) is 0 Å². The summed E-state index contributed by atoms with van der Waals surface area (Å²) in [5, 5.41) is 7.27. The maximum absolute atomic E-state index is 12.2. The topological polar surface area (TPSA) is 93.2 Å². The van der Waals surface area contributed by atoms with Gasteiger partial charge in [-0.25, -0.2) is 4.79 Å². The lowest BCUT2D eigenvalue weighted by Gasteiger charge is -2.20. The highest BCUT2D eigenvalue weighted by atomic mass is 16.2. The first kappa shape index (κ1) is 13.9. The molecule has 0 bridgehead atoms. The third-order valence-corrected chi connectivity index (χ3v) is 4.39. The average Bonchev–Trinajstić information content (AvgIpc) is 3.19. The number of likely N-dealkylation sites (tertiary alicyclic amines) is 1. The van der Waals surface area contributed by atoms with Crippen LogP contribution in [-0.2, 0) is 0 Å². The average molecular weight is 291 g/mol. The highest BCUT2D eigenvalue weighted by Crippen LogP contribution is 2.22. The zero-order valence-electron chi connectivity index (χ0n) is 12.0. The number of rotatable bonds is 3. The molecule has 7 nitrogen and oxygen atoms in total. The molecule has 2 heterocycles. The van der Waals surface area contributed by atoms with E-state index in [1.165, 1.54) is 19.0 Å². The fourth-order valence-corrected chi connectivity index (χ4v) is 3.14. The molecule has 0 spiro atoms. The fourth-order valence-electron chi connectivity index (χ4n) is 3.14. The molecule has 114 valence electrons. The van der Waals surface area contributed by atoms with Crippen molar-refractivity contribution in [2.45, 2.75) is 44.2 Å². The van der Waals surface area contributed by atoms with Crippen LogP contribution in [0.3, 0.4) is 0 Å². The van der Waals surface area contributed by atoms with E-state index in [4.69, 9.17) is 5.73 Å². The van der Waals surface area contributed by atoms with E-state index >= 15 is 0 Å². The van der Waals surface area contributed by atoms with E-state index in [0.717, 1.165) is 25.8 Å². The van der Waals surface area contributed by atoms with Gasteiger partial charge in [-0.05, 0) is 19.3 Å². The maximum atomic E-state index is 12.2. The fraction of sp³-hybridized carbons (Fsp3) is 0.643. The Balaban J connectivity index is 1.56. The number of nitrogens with one attached hydrogen (secondary N) is 1. The number of hydrogen-bond acceptors (Lipinski definition) is 3. The standard InChI is InChI=1S/C14H21N5O2/c15-13(20)10-7-16-19(8-10)12-5-6-18(9-12)14(21)17-11-3-1-2-4-11/h7-8,11-12H,1-6,9H2,(H2,15,20)(H,17,21). The van der Waals surface area contributed by atoms with Crippen molar-refractivity contribution in [3.05, 3.63) is 18.0 Å². The Morgan fingerprint density at radius 2 is 2.05 bits per heavy atom. The quantitative estimate of drug-likeness (QED) is 0.865. The van der Waals surface area contributed by atoms with E-state index in [1.54, 1.807) is 10.9 Å². The monoisotopic (exact) mass is 291 g/mol. The first-order valence-electron chi connectivity index (χ1n) is 7.53. The number of carbonyl (C=O) groups is 2. The van der Waals surface area contributed by atoms with Gasteiger partial charge in [0.25, 0.3) is 5.91 Å². The zero-order valence-corrected chi connectivity index (χ0v) is 12.0. The number of primary amides is 1. The van der Waals surface area contributed by atoms with E-state index in [2.05, 4.69) is 10.4 Å². The number of hydrogen-bond donors (Lipinski definition) is 2. The molecule has 1 aromatic heterocycles. The van der Waals surface area contributed by atoms with Gasteiger partial charge in [0.05, 0.1) is 17.8 Å². The summed E-state index contributed by atoms with van der Waals surface area (Å²) in [7, 11) is 0. The van der Waals surface area contributed by atoms with Crippen molar-refractivity contribution < 1.29 is 9.59 Å². The molecule has 0 radical (unpaired) electrons. The summed E-state index contributed by atoms with van der Waals surface area (Å²) in [5.41, 5.74) is 5.63. The van der Waals surface area contributed by atoms with Crippen molar-refractivity contribution in [3.8, 4) is 0 Å². The van der Waals surface area contributed by atoms with E-state index in [9.17, 15) is 9.59 Å². The Morgan fingerprint density at radius 3 is 2.71 bits per heavy atom. The molecule has 1 saturated heterocycles. The molecule has 1 aliphatic heterocycles. The number of aromatic nitrogens is 2. The van der Waals surface area contributed by atoms with Gasteiger partial charge in [0.15, 0.2) is 0 Å². The van der Waals surface area contributed by atoms with Crippen molar-refractivity contribution in [1.82, 2.24) is 20.0 Å². The number of nitrogens with zero attached hydrogens (tertiary/aromatic N) is 3. The second-order valence-electron chi connectivity index (χ2n) is 5.89. The molecule has 3 rings (SSSR count). The Hall–Kier alpha value is -2.05. The predicted molar refractivity (Wildman–Crippen MR) is 76.8 cm³/mol. The molecule has 1 unspecified atom stereocenters. The lowest BCUT2D eigenvalue weighted by Crippen LogP contribution is -2.43.